The van der Waals surface area contributed by atoms with Crippen LogP contribution in [0.25, 0.3) is 0 Å². The molecule has 2 nitrogen and oxygen atoms in total. The molecule has 0 aliphatic carbocycles. The SMILES string of the molecule is Cc1ccsc1C(=O)NC(C)c1ccc(C(C)(C)C)cc1. The Balaban J connectivity index is 2.09. The molecule has 0 radical (unpaired) electrons. The Kier molecular flexibility index (Phi) is 4.52. The van der Waals surface area contributed by atoms with Crippen LogP contribution in [0.2, 0.25) is 0 Å². The summed E-state index contributed by atoms with van der Waals surface area (Å²) in [5.41, 5.74) is 3.62. The van der Waals surface area contributed by atoms with Gasteiger partial charge in [0.2, 0.25) is 0 Å². The second-order valence-corrected chi connectivity index (χ2v) is 7.42. The van der Waals surface area contributed by atoms with Crippen molar-refractivity contribution in [3.05, 3.63) is 57.3 Å². The Morgan fingerprint density at radius 3 is 2.24 bits per heavy atom. The molecule has 0 bridgehead atoms. The molecular formula is C18H23NOS. The van der Waals surface area contributed by atoms with Gasteiger partial charge in [-0.05, 0) is 47.4 Å². The van der Waals surface area contributed by atoms with Crippen molar-refractivity contribution in [3.8, 4) is 0 Å². The second-order valence-electron chi connectivity index (χ2n) is 6.50. The van der Waals surface area contributed by atoms with E-state index >= 15 is 0 Å². The third kappa shape index (κ3) is 3.73. The first-order valence-corrected chi connectivity index (χ1v) is 8.12. The average Bonchev–Trinajstić information content (AvgIpc) is 2.84. The molecule has 1 unspecified atom stereocenters. The lowest BCUT2D eigenvalue weighted by atomic mass is 9.86. The number of nitrogens with one attached hydrogen (secondary N) is 1. The molecule has 0 saturated heterocycles. The number of amides is 1. The first-order valence-electron chi connectivity index (χ1n) is 7.24. The van der Waals surface area contributed by atoms with E-state index in [9.17, 15) is 4.79 Å². The van der Waals surface area contributed by atoms with Crippen molar-refractivity contribution in [2.24, 2.45) is 0 Å². The number of thiophene rings is 1. The van der Waals surface area contributed by atoms with Crippen LogP contribution in [-0.2, 0) is 5.41 Å². The number of carbonyl (C=O) groups is 1. The fourth-order valence-electron chi connectivity index (χ4n) is 2.22. The largest absolute Gasteiger partial charge is 0.345 e. The average molecular weight is 301 g/mol. The number of hydrogen-bond donors (Lipinski definition) is 1. The maximum absolute atomic E-state index is 12.2. The van der Waals surface area contributed by atoms with E-state index in [1.54, 1.807) is 0 Å². The minimum absolute atomic E-state index is 0.00742. The summed E-state index contributed by atoms with van der Waals surface area (Å²) in [4.78, 5) is 13.0. The molecule has 0 saturated carbocycles. The molecule has 0 fully saturated rings. The Hall–Kier alpha value is -1.61. The third-order valence-electron chi connectivity index (χ3n) is 3.69. The highest BCUT2D eigenvalue weighted by molar-refractivity contribution is 7.12. The lowest BCUT2D eigenvalue weighted by Gasteiger charge is -2.20. The fraction of sp³-hybridized carbons (Fsp3) is 0.389. The first-order chi connectivity index (χ1) is 9.79. The maximum Gasteiger partial charge on any atom is 0.262 e. The Labute approximate surface area is 131 Å². The molecule has 0 aliphatic heterocycles. The van der Waals surface area contributed by atoms with Gasteiger partial charge in [0.25, 0.3) is 5.91 Å². The molecule has 1 amide bonds. The van der Waals surface area contributed by atoms with Gasteiger partial charge in [-0.25, -0.2) is 0 Å². The summed E-state index contributed by atoms with van der Waals surface area (Å²) in [6.07, 6.45) is 0. The van der Waals surface area contributed by atoms with Gasteiger partial charge >= 0.3 is 0 Å². The van der Waals surface area contributed by atoms with Crippen LogP contribution < -0.4 is 5.32 Å². The summed E-state index contributed by atoms with van der Waals surface area (Å²) in [7, 11) is 0. The summed E-state index contributed by atoms with van der Waals surface area (Å²) in [5, 5.41) is 5.02. The summed E-state index contributed by atoms with van der Waals surface area (Å²) in [6.45, 7) is 10.6. The van der Waals surface area contributed by atoms with Gasteiger partial charge in [-0.3, -0.25) is 4.79 Å². The summed E-state index contributed by atoms with van der Waals surface area (Å²) < 4.78 is 0. The zero-order valence-electron chi connectivity index (χ0n) is 13.4. The van der Waals surface area contributed by atoms with Crippen LogP contribution in [-0.4, -0.2) is 5.91 Å². The minimum atomic E-state index is 0.00742. The highest BCUT2D eigenvalue weighted by atomic mass is 32.1. The van der Waals surface area contributed by atoms with Crippen molar-refractivity contribution in [2.45, 2.75) is 46.1 Å². The van der Waals surface area contributed by atoms with Crippen molar-refractivity contribution in [2.75, 3.05) is 0 Å². The van der Waals surface area contributed by atoms with Crippen LogP contribution in [0.4, 0.5) is 0 Å². The van der Waals surface area contributed by atoms with E-state index in [0.717, 1.165) is 16.0 Å². The van der Waals surface area contributed by atoms with Crippen LogP contribution in [0.15, 0.2) is 35.7 Å². The summed E-state index contributed by atoms with van der Waals surface area (Å²) in [5.74, 6) is 0.00916. The number of rotatable bonds is 3. The molecule has 1 atom stereocenters. The molecule has 0 aliphatic rings. The third-order valence-corrected chi connectivity index (χ3v) is 4.71. The monoisotopic (exact) mass is 301 g/mol. The molecule has 2 aromatic rings. The zero-order valence-corrected chi connectivity index (χ0v) is 14.2. The van der Waals surface area contributed by atoms with Gasteiger partial charge in [0.1, 0.15) is 0 Å². The number of carbonyl (C=O) groups excluding carboxylic acids is 1. The second kappa shape index (κ2) is 6.02. The van der Waals surface area contributed by atoms with Gasteiger partial charge < -0.3 is 5.32 Å². The van der Waals surface area contributed by atoms with Crippen LogP contribution in [0.3, 0.4) is 0 Å². The zero-order chi connectivity index (χ0) is 15.6. The minimum Gasteiger partial charge on any atom is -0.345 e. The highest BCUT2D eigenvalue weighted by Gasteiger charge is 2.16. The summed E-state index contributed by atoms with van der Waals surface area (Å²) >= 11 is 1.49. The molecule has 1 N–H and O–H groups in total. The van der Waals surface area contributed by atoms with Gasteiger partial charge in [0.05, 0.1) is 10.9 Å². The summed E-state index contributed by atoms with van der Waals surface area (Å²) in [6, 6.07) is 10.5. The van der Waals surface area contributed by atoms with E-state index in [4.69, 9.17) is 0 Å². The predicted octanol–water partition coefficient (Wildman–Crippen LogP) is 4.85. The Morgan fingerprint density at radius 2 is 1.76 bits per heavy atom. The molecule has 1 heterocycles. The van der Waals surface area contributed by atoms with E-state index in [1.807, 2.05) is 25.3 Å². The van der Waals surface area contributed by atoms with E-state index in [0.29, 0.717) is 0 Å². The highest BCUT2D eigenvalue weighted by Crippen LogP contribution is 2.24. The molecule has 1 aromatic carbocycles. The van der Waals surface area contributed by atoms with Crippen LogP contribution >= 0.6 is 11.3 Å². The number of hydrogen-bond acceptors (Lipinski definition) is 2. The number of aryl methyl sites for hydroxylation is 1. The van der Waals surface area contributed by atoms with Crippen molar-refractivity contribution in [3.63, 3.8) is 0 Å². The van der Waals surface area contributed by atoms with Crippen molar-refractivity contribution < 1.29 is 4.79 Å². The van der Waals surface area contributed by atoms with Crippen molar-refractivity contribution in [1.82, 2.24) is 5.32 Å². The van der Waals surface area contributed by atoms with Gasteiger partial charge in [-0.1, -0.05) is 45.0 Å². The topological polar surface area (TPSA) is 29.1 Å². The Morgan fingerprint density at radius 1 is 1.14 bits per heavy atom. The van der Waals surface area contributed by atoms with E-state index in [2.05, 4.69) is 50.4 Å². The van der Waals surface area contributed by atoms with Gasteiger partial charge in [0, 0.05) is 0 Å². The Bertz CT molecular complexity index is 619. The van der Waals surface area contributed by atoms with Crippen LogP contribution in [0.5, 0.6) is 0 Å². The van der Waals surface area contributed by atoms with Gasteiger partial charge in [-0.15, -0.1) is 11.3 Å². The maximum atomic E-state index is 12.2. The normalized spacial score (nSPS) is 13.0. The molecule has 21 heavy (non-hydrogen) atoms. The van der Waals surface area contributed by atoms with E-state index in [-0.39, 0.29) is 17.4 Å². The lowest BCUT2D eigenvalue weighted by Crippen LogP contribution is -2.26. The van der Waals surface area contributed by atoms with Crippen molar-refractivity contribution >= 4 is 17.2 Å². The van der Waals surface area contributed by atoms with Crippen LogP contribution in [0, 0.1) is 6.92 Å². The fourth-order valence-corrected chi connectivity index (χ4v) is 3.05. The lowest BCUT2D eigenvalue weighted by molar-refractivity contribution is 0.0943. The van der Waals surface area contributed by atoms with Gasteiger partial charge in [-0.2, -0.15) is 0 Å². The quantitative estimate of drug-likeness (QED) is 0.863. The molecule has 2 rings (SSSR count). The van der Waals surface area contributed by atoms with Crippen LogP contribution in [0.1, 0.15) is 60.1 Å². The standard InChI is InChI=1S/C18H23NOS/c1-12-10-11-21-16(12)17(20)19-13(2)14-6-8-15(9-7-14)18(3,4)5/h6-11,13H,1-5H3,(H,19,20). The van der Waals surface area contributed by atoms with Gasteiger partial charge in [0.15, 0.2) is 0 Å². The first kappa shape index (κ1) is 15.8. The smallest absolute Gasteiger partial charge is 0.262 e. The molecule has 112 valence electrons. The molecule has 1 aromatic heterocycles. The van der Waals surface area contributed by atoms with E-state index < -0.39 is 0 Å². The molecular weight excluding hydrogens is 278 g/mol. The number of benzene rings is 1. The predicted molar refractivity (Wildman–Crippen MR) is 90.1 cm³/mol. The van der Waals surface area contributed by atoms with E-state index in [1.165, 1.54) is 16.9 Å². The van der Waals surface area contributed by atoms with Crippen molar-refractivity contribution in [1.29, 1.82) is 0 Å². The molecule has 3 heteroatoms. The molecule has 0 spiro atoms.